The van der Waals surface area contributed by atoms with Gasteiger partial charge < -0.3 is 10.5 Å². The largest absolute Gasteiger partial charge is 0.372 e. The van der Waals surface area contributed by atoms with Gasteiger partial charge in [0, 0.05) is 16.7 Å². The molecule has 0 bridgehead atoms. The van der Waals surface area contributed by atoms with E-state index in [1.165, 1.54) is 12.1 Å². The second-order valence-electron chi connectivity index (χ2n) is 4.40. The Kier molecular flexibility index (Phi) is 5.44. The molecule has 108 valence electrons. The summed E-state index contributed by atoms with van der Waals surface area (Å²) in [5, 5.41) is 0. The van der Waals surface area contributed by atoms with Crippen molar-refractivity contribution in [2.24, 2.45) is 5.73 Å². The second-order valence-corrected chi connectivity index (χ2v) is 4.40. The Bertz CT molecular complexity index is 674. The van der Waals surface area contributed by atoms with Crippen molar-refractivity contribution in [3.8, 4) is 11.8 Å². The minimum absolute atomic E-state index is 0.0742. The Morgan fingerprint density at radius 2 is 1.67 bits per heavy atom. The van der Waals surface area contributed by atoms with Gasteiger partial charge in [-0.3, -0.25) is 0 Å². The average Bonchev–Trinajstić information content (AvgIpc) is 2.49. The number of hydrogen-bond acceptors (Lipinski definition) is 2. The minimum Gasteiger partial charge on any atom is -0.372 e. The van der Waals surface area contributed by atoms with E-state index in [-0.39, 0.29) is 25.6 Å². The maximum atomic E-state index is 13.8. The van der Waals surface area contributed by atoms with Crippen LogP contribution in [0.25, 0.3) is 0 Å². The number of rotatable bonds is 4. The van der Waals surface area contributed by atoms with Gasteiger partial charge in [-0.05, 0) is 18.2 Å². The van der Waals surface area contributed by atoms with Crippen LogP contribution in [-0.4, -0.2) is 6.54 Å². The molecular weight excluding hydrogens is 272 g/mol. The van der Waals surface area contributed by atoms with E-state index in [1.54, 1.807) is 30.3 Å². The van der Waals surface area contributed by atoms with Gasteiger partial charge in [0.1, 0.15) is 11.6 Å². The number of nitrogens with two attached hydrogens (primary N) is 1. The molecule has 21 heavy (non-hydrogen) atoms. The molecule has 2 rings (SSSR count). The lowest BCUT2D eigenvalue weighted by Gasteiger charge is -2.07. The SMILES string of the molecule is NCC#Cc1ccc(COCc2ccccc2F)c(F)c1. The van der Waals surface area contributed by atoms with E-state index in [0.717, 1.165) is 0 Å². The summed E-state index contributed by atoms with van der Waals surface area (Å²) >= 11 is 0. The van der Waals surface area contributed by atoms with Crippen LogP contribution >= 0.6 is 0 Å². The van der Waals surface area contributed by atoms with Crippen LogP contribution in [0.1, 0.15) is 16.7 Å². The zero-order valence-corrected chi connectivity index (χ0v) is 11.4. The van der Waals surface area contributed by atoms with Crippen molar-refractivity contribution < 1.29 is 13.5 Å². The van der Waals surface area contributed by atoms with Crippen molar-refractivity contribution in [1.82, 2.24) is 0 Å². The first-order chi connectivity index (χ1) is 10.2. The van der Waals surface area contributed by atoms with Crippen LogP contribution in [0.3, 0.4) is 0 Å². The van der Waals surface area contributed by atoms with Crippen molar-refractivity contribution in [2.45, 2.75) is 13.2 Å². The quantitative estimate of drug-likeness (QED) is 0.877. The molecule has 0 saturated carbocycles. The number of ether oxygens (including phenoxy) is 1. The molecule has 0 aliphatic carbocycles. The molecule has 2 N–H and O–H groups in total. The van der Waals surface area contributed by atoms with E-state index >= 15 is 0 Å². The summed E-state index contributed by atoms with van der Waals surface area (Å²) in [5.41, 5.74) is 6.68. The second kappa shape index (κ2) is 7.53. The lowest BCUT2D eigenvalue weighted by atomic mass is 10.1. The normalized spacial score (nSPS) is 10.0. The number of hydrogen-bond donors (Lipinski definition) is 1. The summed E-state index contributed by atoms with van der Waals surface area (Å²) in [5.74, 6) is 4.69. The fourth-order valence-corrected chi connectivity index (χ4v) is 1.78. The predicted octanol–water partition coefficient (Wildman–Crippen LogP) is 2.99. The van der Waals surface area contributed by atoms with Crippen molar-refractivity contribution in [3.05, 3.63) is 70.8 Å². The van der Waals surface area contributed by atoms with Gasteiger partial charge in [0.05, 0.1) is 19.8 Å². The molecule has 4 heteroatoms. The Hall–Kier alpha value is -2.22. The molecule has 2 aromatic carbocycles. The van der Waals surface area contributed by atoms with Gasteiger partial charge in [-0.25, -0.2) is 8.78 Å². The van der Waals surface area contributed by atoms with Crippen LogP contribution in [0.15, 0.2) is 42.5 Å². The maximum absolute atomic E-state index is 13.8. The van der Waals surface area contributed by atoms with E-state index in [1.807, 2.05) is 0 Å². The summed E-state index contributed by atoms with van der Waals surface area (Å²) in [6, 6.07) is 11.0. The molecule has 0 amide bonds. The molecule has 0 aromatic heterocycles. The van der Waals surface area contributed by atoms with Crippen LogP contribution in [0, 0.1) is 23.5 Å². The smallest absolute Gasteiger partial charge is 0.129 e. The van der Waals surface area contributed by atoms with Gasteiger partial charge in [-0.15, -0.1) is 0 Å². The Labute approximate surface area is 122 Å². The highest BCUT2D eigenvalue weighted by Gasteiger charge is 2.05. The third-order valence-electron chi connectivity index (χ3n) is 2.86. The van der Waals surface area contributed by atoms with Crippen LogP contribution in [0.2, 0.25) is 0 Å². The van der Waals surface area contributed by atoms with Gasteiger partial charge in [-0.1, -0.05) is 36.1 Å². The first-order valence-electron chi connectivity index (χ1n) is 6.49. The van der Waals surface area contributed by atoms with Crippen molar-refractivity contribution >= 4 is 0 Å². The summed E-state index contributed by atoms with van der Waals surface area (Å²) < 4.78 is 32.6. The highest BCUT2D eigenvalue weighted by atomic mass is 19.1. The van der Waals surface area contributed by atoms with Gasteiger partial charge >= 0.3 is 0 Å². The standard InChI is InChI=1S/C17H15F2NO/c18-16-6-2-1-5-14(16)11-21-12-15-8-7-13(4-3-9-20)10-17(15)19/h1-2,5-8,10H,9,11-12,20H2. The molecule has 2 nitrogen and oxygen atoms in total. The van der Waals surface area contributed by atoms with Crippen LogP contribution in [0.4, 0.5) is 8.78 Å². The molecule has 0 saturated heterocycles. The van der Waals surface area contributed by atoms with Gasteiger partial charge in [0.15, 0.2) is 0 Å². The molecule has 0 aliphatic heterocycles. The molecular formula is C17H15F2NO. The summed E-state index contributed by atoms with van der Waals surface area (Å²) in [7, 11) is 0. The Morgan fingerprint density at radius 3 is 2.33 bits per heavy atom. The lowest BCUT2D eigenvalue weighted by molar-refractivity contribution is 0.102. The van der Waals surface area contributed by atoms with Gasteiger partial charge in [0.25, 0.3) is 0 Å². The predicted molar refractivity (Wildman–Crippen MR) is 77.2 cm³/mol. The van der Waals surface area contributed by atoms with Crippen molar-refractivity contribution in [2.75, 3.05) is 6.54 Å². The van der Waals surface area contributed by atoms with Crippen LogP contribution < -0.4 is 5.73 Å². The number of benzene rings is 2. The highest BCUT2D eigenvalue weighted by Crippen LogP contribution is 2.13. The third-order valence-corrected chi connectivity index (χ3v) is 2.86. The van der Waals surface area contributed by atoms with E-state index in [0.29, 0.717) is 16.7 Å². The van der Waals surface area contributed by atoms with Crippen molar-refractivity contribution in [1.29, 1.82) is 0 Å². The summed E-state index contributed by atoms with van der Waals surface area (Å²) in [6.45, 7) is 0.404. The fourth-order valence-electron chi connectivity index (χ4n) is 1.78. The molecule has 0 fully saturated rings. The molecule has 0 radical (unpaired) electrons. The molecule has 0 heterocycles. The topological polar surface area (TPSA) is 35.2 Å². The Morgan fingerprint density at radius 1 is 0.952 bits per heavy atom. The van der Waals surface area contributed by atoms with Crippen LogP contribution in [0.5, 0.6) is 0 Å². The van der Waals surface area contributed by atoms with Crippen LogP contribution in [-0.2, 0) is 18.0 Å². The maximum Gasteiger partial charge on any atom is 0.129 e. The molecule has 0 spiro atoms. The van der Waals surface area contributed by atoms with E-state index in [9.17, 15) is 8.78 Å². The number of halogens is 2. The monoisotopic (exact) mass is 287 g/mol. The molecule has 2 aromatic rings. The van der Waals surface area contributed by atoms with E-state index in [4.69, 9.17) is 10.5 Å². The zero-order chi connectivity index (χ0) is 15.1. The first kappa shape index (κ1) is 15.2. The van der Waals surface area contributed by atoms with E-state index in [2.05, 4.69) is 11.8 Å². The lowest BCUT2D eigenvalue weighted by Crippen LogP contribution is -1.99. The summed E-state index contributed by atoms with van der Waals surface area (Å²) in [6.07, 6.45) is 0. The van der Waals surface area contributed by atoms with Gasteiger partial charge in [-0.2, -0.15) is 0 Å². The minimum atomic E-state index is -0.396. The third kappa shape index (κ3) is 4.38. The van der Waals surface area contributed by atoms with Gasteiger partial charge in [0.2, 0.25) is 0 Å². The van der Waals surface area contributed by atoms with Crippen molar-refractivity contribution in [3.63, 3.8) is 0 Å². The average molecular weight is 287 g/mol. The highest BCUT2D eigenvalue weighted by molar-refractivity contribution is 5.37. The summed E-state index contributed by atoms with van der Waals surface area (Å²) in [4.78, 5) is 0. The molecule has 0 atom stereocenters. The Balaban J connectivity index is 1.96. The van der Waals surface area contributed by atoms with E-state index < -0.39 is 5.82 Å². The zero-order valence-electron chi connectivity index (χ0n) is 11.4. The molecule has 0 unspecified atom stereocenters. The fraction of sp³-hybridized carbons (Fsp3) is 0.176. The first-order valence-corrected chi connectivity index (χ1v) is 6.49. The molecule has 0 aliphatic rings.